The van der Waals surface area contributed by atoms with Gasteiger partial charge in [0.15, 0.2) is 0 Å². The maximum atomic E-state index is 9.43. The van der Waals surface area contributed by atoms with Crippen molar-refractivity contribution in [2.75, 3.05) is 26.9 Å². The van der Waals surface area contributed by atoms with Crippen molar-refractivity contribution in [3.8, 4) is 0 Å². The van der Waals surface area contributed by atoms with Crippen LogP contribution in [0.1, 0.15) is 26.7 Å². The third kappa shape index (κ3) is 5.54. The Kier molecular flexibility index (Phi) is 7.09. The van der Waals surface area contributed by atoms with Crippen LogP contribution in [0.15, 0.2) is 0 Å². The Morgan fingerprint density at radius 2 is 2.14 bits per heavy atom. The Balaban J connectivity index is 3.81. The van der Waals surface area contributed by atoms with Gasteiger partial charge in [-0.2, -0.15) is 0 Å². The molecule has 0 fully saturated rings. The minimum atomic E-state index is -0.482. The molecule has 0 heterocycles. The Morgan fingerprint density at radius 3 is 2.57 bits per heavy atom. The van der Waals surface area contributed by atoms with Crippen LogP contribution in [0.3, 0.4) is 0 Å². The van der Waals surface area contributed by atoms with E-state index in [9.17, 15) is 5.11 Å². The van der Waals surface area contributed by atoms with Crippen LogP contribution in [0.4, 0.5) is 0 Å². The average molecular weight is 205 g/mol. The van der Waals surface area contributed by atoms with Gasteiger partial charge in [-0.15, -0.1) is 0 Å². The molecule has 4 nitrogen and oxygen atoms in total. The molecule has 0 aromatic carbocycles. The molecule has 4 heteroatoms. The standard InChI is InChI=1S/C10H23NO3/c1-4-10(2,5-6-12)11-7-9(13)8-14-3/h9,11-13H,4-8H2,1-3H3. The van der Waals surface area contributed by atoms with E-state index in [1.165, 1.54) is 0 Å². The molecule has 0 aromatic rings. The summed E-state index contributed by atoms with van der Waals surface area (Å²) in [7, 11) is 1.57. The van der Waals surface area contributed by atoms with Gasteiger partial charge in [-0.25, -0.2) is 0 Å². The summed E-state index contributed by atoms with van der Waals surface area (Å²) in [6.45, 7) is 5.11. The van der Waals surface area contributed by atoms with Crippen molar-refractivity contribution in [2.24, 2.45) is 0 Å². The third-order valence-corrected chi connectivity index (χ3v) is 2.57. The number of ether oxygens (including phenoxy) is 1. The lowest BCUT2D eigenvalue weighted by Crippen LogP contribution is -2.46. The summed E-state index contributed by atoms with van der Waals surface area (Å²) < 4.78 is 4.82. The second-order valence-corrected chi connectivity index (χ2v) is 3.88. The number of hydrogen-bond acceptors (Lipinski definition) is 4. The zero-order valence-electron chi connectivity index (χ0n) is 9.42. The number of aliphatic hydroxyl groups excluding tert-OH is 2. The molecule has 0 saturated carbocycles. The van der Waals surface area contributed by atoms with Gasteiger partial charge in [-0.05, 0) is 19.8 Å². The van der Waals surface area contributed by atoms with Crippen molar-refractivity contribution in [1.82, 2.24) is 5.32 Å². The highest BCUT2D eigenvalue weighted by atomic mass is 16.5. The zero-order chi connectivity index (χ0) is 11.0. The number of hydrogen-bond donors (Lipinski definition) is 3. The smallest absolute Gasteiger partial charge is 0.0897 e. The minimum Gasteiger partial charge on any atom is -0.396 e. The molecule has 2 atom stereocenters. The van der Waals surface area contributed by atoms with Crippen molar-refractivity contribution in [2.45, 2.75) is 38.3 Å². The van der Waals surface area contributed by atoms with E-state index in [0.29, 0.717) is 19.6 Å². The Bertz CT molecular complexity index is 143. The van der Waals surface area contributed by atoms with Crippen LogP contribution >= 0.6 is 0 Å². The molecule has 0 rings (SSSR count). The summed E-state index contributed by atoms with van der Waals surface area (Å²) in [6, 6.07) is 0. The van der Waals surface area contributed by atoms with Gasteiger partial charge < -0.3 is 20.3 Å². The number of aliphatic hydroxyl groups is 2. The van der Waals surface area contributed by atoms with Crippen molar-refractivity contribution < 1.29 is 14.9 Å². The molecule has 0 aromatic heterocycles. The average Bonchev–Trinajstić information content (AvgIpc) is 2.16. The van der Waals surface area contributed by atoms with Crippen molar-refractivity contribution in [3.05, 3.63) is 0 Å². The van der Waals surface area contributed by atoms with Crippen LogP contribution in [0.5, 0.6) is 0 Å². The van der Waals surface area contributed by atoms with Gasteiger partial charge in [-0.3, -0.25) is 0 Å². The lowest BCUT2D eigenvalue weighted by molar-refractivity contribution is 0.0570. The minimum absolute atomic E-state index is 0.0938. The summed E-state index contributed by atoms with van der Waals surface area (Å²) in [5, 5.41) is 21.5. The van der Waals surface area contributed by atoms with Crippen LogP contribution in [0, 0.1) is 0 Å². The van der Waals surface area contributed by atoms with E-state index in [1.807, 2.05) is 6.92 Å². The van der Waals surface area contributed by atoms with Gasteiger partial charge in [0.25, 0.3) is 0 Å². The van der Waals surface area contributed by atoms with E-state index in [0.717, 1.165) is 6.42 Å². The maximum Gasteiger partial charge on any atom is 0.0897 e. The number of nitrogens with one attached hydrogen (secondary N) is 1. The zero-order valence-corrected chi connectivity index (χ0v) is 9.42. The lowest BCUT2D eigenvalue weighted by atomic mass is 9.95. The largest absolute Gasteiger partial charge is 0.396 e. The molecule has 14 heavy (non-hydrogen) atoms. The molecular weight excluding hydrogens is 182 g/mol. The van der Waals surface area contributed by atoms with E-state index in [-0.39, 0.29) is 12.1 Å². The third-order valence-electron chi connectivity index (χ3n) is 2.57. The van der Waals surface area contributed by atoms with E-state index >= 15 is 0 Å². The summed E-state index contributed by atoms with van der Waals surface area (Å²) in [4.78, 5) is 0. The van der Waals surface area contributed by atoms with E-state index in [2.05, 4.69) is 12.2 Å². The van der Waals surface area contributed by atoms with E-state index in [4.69, 9.17) is 9.84 Å². The quantitative estimate of drug-likeness (QED) is 0.527. The van der Waals surface area contributed by atoms with Crippen molar-refractivity contribution in [1.29, 1.82) is 0 Å². The fourth-order valence-electron chi connectivity index (χ4n) is 1.25. The van der Waals surface area contributed by atoms with Crippen LogP contribution in [0.2, 0.25) is 0 Å². The fraction of sp³-hybridized carbons (Fsp3) is 1.00. The lowest BCUT2D eigenvalue weighted by Gasteiger charge is -2.30. The first-order valence-electron chi connectivity index (χ1n) is 5.11. The van der Waals surface area contributed by atoms with Crippen LogP contribution in [-0.4, -0.2) is 48.7 Å². The normalized spacial score (nSPS) is 17.8. The van der Waals surface area contributed by atoms with Crippen LogP contribution in [0.25, 0.3) is 0 Å². The second-order valence-electron chi connectivity index (χ2n) is 3.88. The number of β-amino-alcohol motifs (C(OH)–C–C–N with tert-alkyl or cyclic N) is 1. The monoisotopic (exact) mass is 205 g/mol. The maximum absolute atomic E-state index is 9.43. The Hall–Kier alpha value is -0.160. The van der Waals surface area contributed by atoms with Crippen LogP contribution < -0.4 is 5.32 Å². The summed E-state index contributed by atoms with van der Waals surface area (Å²) >= 11 is 0. The van der Waals surface area contributed by atoms with Crippen molar-refractivity contribution >= 4 is 0 Å². The fourth-order valence-corrected chi connectivity index (χ4v) is 1.25. The first-order chi connectivity index (χ1) is 6.58. The first-order valence-corrected chi connectivity index (χ1v) is 5.11. The molecule has 0 aliphatic rings. The summed E-state index contributed by atoms with van der Waals surface area (Å²) in [6.07, 6.45) is 1.14. The molecule has 0 radical (unpaired) electrons. The van der Waals surface area contributed by atoms with Gasteiger partial charge in [-0.1, -0.05) is 6.92 Å². The van der Waals surface area contributed by atoms with Crippen LogP contribution in [-0.2, 0) is 4.74 Å². The van der Waals surface area contributed by atoms with Gasteiger partial charge >= 0.3 is 0 Å². The first kappa shape index (κ1) is 13.8. The molecule has 0 bridgehead atoms. The molecular formula is C10H23NO3. The van der Waals surface area contributed by atoms with Gasteiger partial charge in [0.05, 0.1) is 12.7 Å². The SMILES string of the molecule is CCC(C)(CCO)NCC(O)COC. The predicted molar refractivity (Wildman–Crippen MR) is 56.3 cm³/mol. The molecule has 0 saturated heterocycles. The molecule has 3 N–H and O–H groups in total. The van der Waals surface area contributed by atoms with E-state index < -0.39 is 6.10 Å². The highest BCUT2D eigenvalue weighted by molar-refractivity contribution is 4.82. The molecule has 0 spiro atoms. The molecule has 0 aliphatic heterocycles. The Labute approximate surface area is 86.3 Å². The summed E-state index contributed by atoms with van der Waals surface area (Å²) in [5.74, 6) is 0. The number of methoxy groups -OCH3 is 1. The molecule has 86 valence electrons. The van der Waals surface area contributed by atoms with Crippen molar-refractivity contribution in [3.63, 3.8) is 0 Å². The molecule has 0 amide bonds. The van der Waals surface area contributed by atoms with E-state index in [1.54, 1.807) is 7.11 Å². The highest BCUT2D eigenvalue weighted by Crippen LogP contribution is 2.13. The topological polar surface area (TPSA) is 61.7 Å². The van der Waals surface area contributed by atoms with Gasteiger partial charge in [0.2, 0.25) is 0 Å². The summed E-state index contributed by atoms with van der Waals surface area (Å²) in [5.41, 5.74) is -0.0938. The van der Waals surface area contributed by atoms with Gasteiger partial charge in [0, 0.05) is 25.8 Å². The predicted octanol–water partition coefficient (Wildman–Crippen LogP) is 0.134. The second kappa shape index (κ2) is 7.17. The number of rotatable bonds is 8. The molecule has 0 aliphatic carbocycles. The molecule has 2 unspecified atom stereocenters. The van der Waals surface area contributed by atoms with Gasteiger partial charge in [0.1, 0.15) is 0 Å². The highest BCUT2D eigenvalue weighted by Gasteiger charge is 2.21. The Morgan fingerprint density at radius 1 is 1.50 bits per heavy atom.